The molecule has 3 heterocycles. The van der Waals surface area contributed by atoms with Crippen molar-refractivity contribution in [2.24, 2.45) is 0 Å². The maximum absolute atomic E-state index is 13.5. The molecule has 0 unspecified atom stereocenters. The largest absolute Gasteiger partial charge is 0.223 e. The van der Waals surface area contributed by atoms with Gasteiger partial charge in [-0.2, -0.15) is 10.2 Å². The van der Waals surface area contributed by atoms with Gasteiger partial charge in [0.05, 0.1) is 0 Å². The zero-order valence-electron chi connectivity index (χ0n) is 8.73. The maximum Gasteiger partial charge on any atom is 0.158 e. The normalized spacial score (nSPS) is 10.6. The molecular weight excluding hydrogens is 221 g/mol. The van der Waals surface area contributed by atoms with Gasteiger partial charge in [-0.05, 0) is 12.1 Å². The first kappa shape index (κ1) is 9.71. The molecule has 0 N–H and O–H groups in total. The summed E-state index contributed by atoms with van der Waals surface area (Å²) in [5.74, 6) is 0.456. The van der Waals surface area contributed by atoms with E-state index in [0.29, 0.717) is 11.6 Å². The molecule has 0 aromatic carbocycles. The molecule has 0 atom stereocenters. The van der Waals surface area contributed by atoms with Crippen LogP contribution in [0.15, 0.2) is 49.1 Å². The van der Waals surface area contributed by atoms with Gasteiger partial charge in [0.25, 0.3) is 0 Å². The van der Waals surface area contributed by atoms with Crippen LogP contribution in [-0.2, 0) is 0 Å². The van der Waals surface area contributed by atoms with E-state index in [1.807, 2.05) is 0 Å². The lowest BCUT2D eigenvalue weighted by molar-refractivity contribution is 0.617. The molecule has 0 amide bonds. The molecule has 17 heavy (non-hydrogen) atoms. The molecule has 3 aromatic heterocycles. The van der Waals surface area contributed by atoms with Gasteiger partial charge < -0.3 is 0 Å². The van der Waals surface area contributed by atoms with Gasteiger partial charge in [0.1, 0.15) is 5.82 Å². The van der Waals surface area contributed by atoms with E-state index in [9.17, 15) is 4.39 Å². The fourth-order valence-electron chi connectivity index (χ4n) is 1.51. The second kappa shape index (κ2) is 3.82. The summed E-state index contributed by atoms with van der Waals surface area (Å²) in [5.41, 5.74) is 0. The molecular formula is C11H8FN5. The first-order chi connectivity index (χ1) is 8.33. The second-order valence-electron chi connectivity index (χ2n) is 3.40. The number of hydrogen-bond donors (Lipinski definition) is 0. The van der Waals surface area contributed by atoms with Crippen molar-refractivity contribution in [3.8, 4) is 11.6 Å². The van der Waals surface area contributed by atoms with Crippen LogP contribution in [-0.4, -0.2) is 24.5 Å². The van der Waals surface area contributed by atoms with Gasteiger partial charge in [-0.1, -0.05) is 0 Å². The Morgan fingerprint density at radius 1 is 0.882 bits per heavy atom. The van der Waals surface area contributed by atoms with Crippen LogP contribution in [0.1, 0.15) is 0 Å². The predicted molar refractivity (Wildman–Crippen MR) is 58.4 cm³/mol. The Labute approximate surface area is 96.1 Å². The summed E-state index contributed by atoms with van der Waals surface area (Å²) < 4.78 is 16.5. The van der Waals surface area contributed by atoms with E-state index in [1.165, 1.54) is 21.5 Å². The van der Waals surface area contributed by atoms with Crippen molar-refractivity contribution in [3.63, 3.8) is 0 Å². The molecule has 0 spiro atoms. The third-order valence-corrected chi connectivity index (χ3v) is 2.24. The van der Waals surface area contributed by atoms with E-state index < -0.39 is 0 Å². The van der Waals surface area contributed by atoms with Crippen LogP contribution >= 0.6 is 0 Å². The average molecular weight is 229 g/mol. The molecule has 5 nitrogen and oxygen atoms in total. The molecule has 0 aliphatic rings. The van der Waals surface area contributed by atoms with E-state index in [4.69, 9.17) is 0 Å². The molecule has 0 radical (unpaired) electrons. The number of aromatic nitrogens is 5. The summed E-state index contributed by atoms with van der Waals surface area (Å²) in [4.78, 5) is 4.28. The van der Waals surface area contributed by atoms with Crippen LogP contribution in [0.25, 0.3) is 11.6 Å². The van der Waals surface area contributed by atoms with Crippen molar-refractivity contribution < 1.29 is 4.39 Å². The molecule has 3 aromatic rings. The summed E-state index contributed by atoms with van der Waals surface area (Å²) in [7, 11) is 0. The topological polar surface area (TPSA) is 48.5 Å². The highest BCUT2D eigenvalue weighted by atomic mass is 19.1. The van der Waals surface area contributed by atoms with Crippen LogP contribution < -0.4 is 0 Å². The Bertz CT molecular complexity index is 563. The Balaban J connectivity index is 2.13. The van der Waals surface area contributed by atoms with Gasteiger partial charge in [-0.25, -0.2) is 18.7 Å². The van der Waals surface area contributed by atoms with Crippen LogP contribution in [0.5, 0.6) is 0 Å². The Kier molecular flexibility index (Phi) is 2.18. The van der Waals surface area contributed by atoms with Crippen molar-refractivity contribution in [2.75, 3.05) is 0 Å². The van der Waals surface area contributed by atoms with Crippen LogP contribution in [0, 0.1) is 5.82 Å². The monoisotopic (exact) mass is 229 g/mol. The number of nitrogens with zero attached hydrogens (tertiary/aromatic N) is 5. The minimum Gasteiger partial charge on any atom is -0.223 e. The van der Waals surface area contributed by atoms with E-state index in [0.717, 1.165) is 0 Å². The Morgan fingerprint density at radius 3 is 1.82 bits per heavy atom. The van der Waals surface area contributed by atoms with Gasteiger partial charge >= 0.3 is 0 Å². The smallest absolute Gasteiger partial charge is 0.158 e. The average Bonchev–Trinajstić information content (AvgIpc) is 3.02. The van der Waals surface area contributed by atoms with E-state index in [-0.39, 0.29) is 5.82 Å². The van der Waals surface area contributed by atoms with Gasteiger partial charge in [0.15, 0.2) is 11.6 Å². The highest BCUT2D eigenvalue weighted by Gasteiger charge is 2.06. The minimum atomic E-state index is -0.379. The van der Waals surface area contributed by atoms with Crippen molar-refractivity contribution >= 4 is 0 Å². The molecule has 6 heteroatoms. The lowest BCUT2D eigenvalue weighted by Gasteiger charge is -2.05. The highest BCUT2D eigenvalue weighted by molar-refractivity contribution is 5.31. The molecule has 84 valence electrons. The highest BCUT2D eigenvalue weighted by Crippen LogP contribution is 2.11. The Hall–Kier alpha value is -2.50. The van der Waals surface area contributed by atoms with Crippen LogP contribution in [0.3, 0.4) is 0 Å². The zero-order chi connectivity index (χ0) is 11.7. The molecule has 0 aliphatic heterocycles. The van der Waals surface area contributed by atoms with Gasteiger partial charge in [-0.15, -0.1) is 0 Å². The van der Waals surface area contributed by atoms with E-state index in [2.05, 4.69) is 15.2 Å². The molecule has 3 rings (SSSR count). The molecule has 0 saturated carbocycles. The third-order valence-electron chi connectivity index (χ3n) is 2.24. The third kappa shape index (κ3) is 1.80. The quantitative estimate of drug-likeness (QED) is 0.670. The summed E-state index contributed by atoms with van der Waals surface area (Å²) in [6, 6.07) is 6.14. The fourth-order valence-corrected chi connectivity index (χ4v) is 1.51. The summed E-state index contributed by atoms with van der Waals surface area (Å²) in [6.45, 7) is 0. The molecule has 0 fully saturated rings. The van der Waals surface area contributed by atoms with Gasteiger partial charge in [-0.3, -0.25) is 0 Å². The number of halogens is 1. The number of pyridine rings is 1. The predicted octanol–water partition coefficient (Wildman–Crippen LogP) is 1.59. The maximum atomic E-state index is 13.5. The molecule has 0 aliphatic carbocycles. The lowest BCUT2D eigenvalue weighted by atomic mass is 10.4. The lowest BCUT2D eigenvalue weighted by Crippen LogP contribution is -2.04. The van der Waals surface area contributed by atoms with Gasteiger partial charge in [0, 0.05) is 36.9 Å². The fraction of sp³-hybridized carbons (Fsp3) is 0. The standard InChI is InChI=1S/C11H8FN5/c12-9-7-10(16-5-1-3-13-16)15-11(8-9)17-6-2-4-14-17/h1-8H. The second-order valence-corrected chi connectivity index (χ2v) is 3.40. The number of hydrogen-bond acceptors (Lipinski definition) is 3. The van der Waals surface area contributed by atoms with Crippen molar-refractivity contribution in [1.82, 2.24) is 24.5 Å². The number of rotatable bonds is 2. The Morgan fingerprint density at radius 2 is 1.41 bits per heavy atom. The van der Waals surface area contributed by atoms with E-state index >= 15 is 0 Å². The summed E-state index contributed by atoms with van der Waals surface area (Å²) in [5, 5.41) is 8.02. The first-order valence-electron chi connectivity index (χ1n) is 5.00. The first-order valence-corrected chi connectivity index (χ1v) is 5.00. The molecule has 0 saturated heterocycles. The van der Waals surface area contributed by atoms with Gasteiger partial charge in [0.2, 0.25) is 0 Å². The summed E-state index contributed by atoms with van der Waals surface area (Å²) in [6.07, 6.45) is 6.63. The minimum absolute atomic E-state index is 0.379. The van der Waals surface area contributed by atoms with Crippen LogP contribution in [0.2, 0.25) is 0 Å². The van der Waals surface area contributed by atoms with E-state index in [1.54, 1.807) is 36.9 Å². The summed E-state index contributed by atoms with van der Waals surface area (Å²) >= 11 is 0. The van der Waals surface area contributed by atoms with Crippen molar-refractivity contribution in [3.05, 3.63) is 54.9 Å². The van der Waals surface area contributed by atoms with Crippen molar-refractivity contribution in [2.45, 2.75) is 0 Å². The zero-order valence-corrected chi connectivity index (χ0v) is 8.73. The van der Waals surface area contributed by atoms with Crippen molar-refractivity contribution in [1.29, 1.82) is 0 Å². The SMILES string of the molecule is Fc1cc(-n2cccn2)nc(-n2cccn2)c1. The van der Waals surface area contributed by atoms with Crippen LogP contribution in [0.4, 0.5) is 4.39 Å². The molecule has 0 bridgehead atoms.